The third kappa shape index (κ3) is 2.91. The molecule has 3 heterocycles. The maximum absolute atomic E-state index is 11.4. The van der Waals surface area contributed by atoms with E-state index < -0.39 is 0 Å². The van der Waals surface area contributed by atoms with Crippen LogP contribution in [-0.4, -0.2) is 17.5 Å². The highest BCUT2D eigenvalue weighted by molar-refractivity contribution is 7.14. The average molecular weight is 327 g/mol. The van der Waals surface area contributed by atoms with Crippen LogP contribution in [0, 0.1) is 0 Å². The number of thiazole rings is 1. The molecule has 2 N–H and O–H groups in total. The predicted octanol–water partition coefficient (Wildman–Crippen LogP) is 3.35. The lowest BCUT2D eigenvalue weighted by Crippen LogP contribution is -2.25. The Kier molecular flexibility index (Phi) is 3.47. The minimum atomic E-state index is -0.145. The van der Waals surface area contributed by atoms with Gasteiger partial charge in [0.2, 0.25) is 0 Å². The Hall–Kier alpha value is -2.80. The first kappa shape index (κ1) is 13.8. The molecule has 0 radical (unpaired) electrons. The molecule has 0 saturated heterocycles. The van der Waals surface area contributed by atoms with Gasteiger partial charge in [-0.25, -0.2) is 4.98 Å². The maximum atomic E-state index is 11.4. The molecule has 1 aliphatic rings. The van der Waals surface area contributed by atoms with Crippen molar-refractivity contribution in [1.82, 2.24) is 4.98 Å². The predicted molar refractivity (Wildman–Crippen MR) is 87.7 cm³/mol. The number of rotatable bonds is 4. The summed E-state index contributed by atoms with van der Waals surface area (Å²) in [6, 6.07) is 9.42. The van der Waals surface area contributed by atoms with Crippen LogP contribution in [0.3, 0.4) is 0 Å². The van der Waals surface area contributed by atoms with Crippen LogP contribution in [0.4, 0.5) is 10.8 Å². The van der Waals surface area contributed by atoms with Crippen molar-refractivity contribution in [2.75, 3.05) is 17.2 Å². The summed E-state index contributed by atoms with van der Waals surface area (Å²) in [7, 11) is 0. The molecule has 23 heavy (non-hydrogen) atoms. The van der Waals surface area contributed by atoms with Crippen molar-refractivity contribution in [1.29, 1.82) is 0 Å². The first-order chi connectivity index (χ1) is 11.3. The van der Waals surface area contributed by atoms with Crippen LogP contribution < -0.4 is 15.4 Å². The van der Waals surface area contributed by atoms with E-state index in [9.17, 15) is 4.79 Å². The lowest BCUT2D eigenvalue weighted by molar-refractivity contribution is -0.118. The van der Waals surface area contributed by atoms with Crippen LogP contribution in [0.5, 0.6) is 5.75 Å². The van der Waals surface area contributed by atoms with Gasteiger partial charge in [0.1, 0.15) is 11.5 Å². The zero-order valence-electron chi connectivity index (χ0n) is 12.0. The molecule has 1 aromatic carbocycles. The Morgan fingerprint density at radius 3 is 3.17 bits per heavy atom. The van der Waals surface area contributed by atoms with E-state index in [1.807, 2.05) is 35.7 Å². The number of benzene rings is 1. The Morgan fingerprint density at radius 1 is 1.35 bits per heavy atom. The number of nitrogens with zero attached hydrogens (tertiary/aromatic N) is 1. The van der Waals surface area contributed by atoms with Crippen molar-refractivity contribution in [2.24, 2.45) is 0 Å². The van der Waals surface area contributed by atoms with E-state index in [4.69, 9.17) is 9.15 Å². The lowest BCUT2D eigenvalue weighted by atomic mass is 10.1. The van der Waals surface area contributed by atoms with Crippen LogP contribution >= 0.6 is 11.3 Å². The lowest BCUT2D eigenvalue weighted by Gasteiger charge is -2.18. The third-order valence-electron chi connectivity index (χ3n) is 3.41. The van der Waals surface area contributed by atoms with Gasteiger partial charge >= 0.3 is 0 Å². The smallest absolute Gasteiger partial charge is 0.262 e. The molecule has 1 amide bonds. The van der Waals surface area contributed by atoms with Crippen molar-refractivity contribution >= 4 is 28.1 Å². The van der Waals surface area contributed by atoms with E-state index in [2.05, 4.69) is 15.6 Å². The van der Waals surface area contributed by atoms with E-state index in [1.165, 1.54) is 11.3 Å². The van der Waals surface area contributed by atoms with Gasteiger partial charge in [0.25, 0.3) is 5.91 Å². The number of fused-ring (bicyclic) bond motifs is 1. The van der Waals surface area contributed by atoms with E-state index >= 15 is 0 Å². The summed E-state index contributed by atoms with van der Waals surface area (Å²) in [6.45, 7) is 0.651. The van der Waals surface area contributed by atoms with Gasteiger partial charge in [-0.15, -0.1) is 11.3 Å². The van der Waals surface area contributed by atoms with Crippen molar-refractivity contribution in [3.8, 4) is 17.0 Å². The van der Waals surface area contributed by atoms with Crippen LogP contribution in [0.25, 0.3) is 11.3 Å². The molecule has 0 spiro atoms. The number of carbonyl (C=O) groups excluding carboxylic acids is 1. The highest BCUT2D eigenvalue weighted by Crippen LogP contribution is 2.33. The highest BCUT2D eigenvalue weighted by Gasteiger charge is 2.17. The SMILES string of the molecule is O=C1COc2ccc(-c3csc(NCc4ccco4)n3)cc2N1. The topological polar surface area (TPSA) is 76.4 Å². The van der Waals surface area contributed by atoms with Crippen LogP contribution in [0.2, 0.25) is 0 Å². The first-order valence-corrected chi connectivity index (χ1v) is 7.95. The molecule has 0 saturated carbocycles. The largest absolute Gasteiger partial charge is 0.482 e. The van der Waals surface area contributed by atoms with Gasteiger partial charge in [-0.2, -0.15) is 0 Å². The van der Waals surface area contributed by atoms with E-state index in [-0.39, 0.29) is 12.5 Å². The molecule has 6 nitrogen and oxygen atoms in total. The normalized spacial score (nSPS) is 13.1. The van der Waals surface area contributed by atoms with Gasteiger partial charge in [-0.3, -0.25) is 4.79 Å². The van der Waals surface area contributed by atoms with Gasteiger partial charge in [0, 0.05) is 10.9 Å². The molecular formula is C16H13N3O3S. The monoisotopic (exact) mass is 327 g/mol. The van der Waals surface area contributed by atoms with Crippen LogP contribution in [-0.2, 0) is 11.3 Å². The van der Waals surface area contributed by atoms with Gasteiger partial charge in [0.05, 0.1) is 24.2 Å². The number of aromatic nitrogens is 1. The summed E-state index contributed by atoms with van der Waals surface area (Å²) >= 11 is 1.52. The Bertz CT molecular complexity index is 842. The second-order valence-electron chi connectivity index (χ2n) is 5.02. The summed E-state index contributed by atoms with van der Waals surface area (Å²) in [5, 5.41) is 8.81. The molecule has 0 fully saturated rings. The fourth-order valence-corrected chi connectivity index (χ4v) is 3.02. The number of carbonyl (C=O) groups is 1. The van der Waals surface area contributed by atoms with Crippen LogP contribution in [0.15, 0.2) is 46.4 Å². The van der Waals surface area contributed by atoms with E-state index in [1.54, 1.807) is 6.26 Å². The number of furan rings is 1. The molecule has 1 aliphatic heterocycles. The quantitative estimate of drug-likeness (QED) is 0.768. The number of ether oxygens (including phenoxy) is 1. The number of amides is 1. The fourth-order valence-electron chi connectivity index (χ4n) is 2.31. The number of hydrogen-bond acceptors (Lipinski definition) is 6. The number of hydrogen-bond donors (Lipinski definition) is 2. The van der Waals surface area contributed by atoms with Crippen molar-refractivity contribution in [2.45, 2.75) is 6.54 Å². The Morgan fingerprint density at radius 2 is 2.30 bits per heavy atom. The van der Waals surface area contributed by atoms with E-state index in [0.29, 0.717) is 18.0 Å². The summed E-state index contributed by atoms with van der Waals surface area (Å²) in [4.78, 5) is 16.0. The molecule has 3 aromatic rings. The minimum Gasteiger partial charge on any atom is -0.482 e. The Labute approximate surface area is 136 Å². The first-order valence-electron chi connectivity index (χ1n) is 7.07. The van der Waals surface area contributed by atoms with Crippen LogP contribution in [0.1, 0.15) is 5.76 Å². The molecule has 2 aromatic heterocycles. The summed E-state index contributed by atoms with van der Waals surface area (Å²) in [5.41, 5.74) is 2.45. The third-order valence-corrected chi connectivity index (χ3v) is 4.21. The molecule has 0 bridgehead atoms. The minimum absolute atomic E-state index is 0.0594. The molecule has 7 heteroatoms. The van der Waals surface area contributed by atoms with Gasteiger partial charge < -0.3 is 19.8 Å². The van der Waals surface area contributed by atoms with Crippen molar-refractivity contribution in [3.63, 3.8) is 0 Å². The average Bonchev–Trinajstić information content (AvgIpc) is 3.24. The standard InChI is InChI=1S/C16H13N3O3S/c20-15-8-22-14-4-3-10(6-12(14)18-15)13-9-23-16(19-13)17-7-11-2-1-5-21-11/h1-6,9H,7-8H2,(H,17,19)(H,18,20). The van der Waals surface area contributed by atoms with Gasteiger partial charge in [0.15, 0.2) is 11.7 Å². The van der Waals surface area contributed by atoms with Crippen molar-refractivity contribution in [3.05, 3.63) is 47.7 Å². The van der Waals surface area contributed by atoms with E-state index in [0.717, 1.165) is 22.1 Å². The second-order valence-corrected chi connectivity index (χ2v) is 5.88. The number of anilines is 2. The molecule has 4 rings (SSSR count). The Balaban J connectivity index is 1.52. The highest BCUT2D eigenvalue weighted by atomic mass is 32.1. The fraction of sp³-hybridized carbons (Fsp3) is 0.125. The number of nitrogens with one attached hydrogen (secondary N) is 2. The summed E-state index contributed by atoms with van der Waals surface area (Å²) < 4.78 is 10.6. The second kappa shape index (κ2) is 5.77. The maximum Gasteiger partial charge on any atom is 0.262 e. The van der Waals surface area contributed by atoms with Crippen molar-refractivity contribution < 1.29 is 13.9 Å². The molecular weight excluding hydrogens is 314 g/mol. The summed E-state index contributed by atoms with van der Waals surface area (Å²) in [5.74, 6) is 1.39. The molecule has 0 atom stereocenters. The van der Waals surface area contributed by atoms with Gasteiger partial charge in [-0.05, 0) is 30.3 Å². The zero-order valence-corrected chi connectivity index (χ0v) is 12.9. The molecule has 0 aliphatic carbocycles. The van der Waals surface area contributed by atoms with Gasteiger partial charge in [-0.1, -0.05) is 0 Å². The molecule has 116 valence electrons. The zero-order chi connectivity index (χ0) is 15.6. The molecule has 0 unspecified atom stereocenters. The summed E-state index contributed by atoms with van der Waals surface area (Å²) in [6.07, 6.45) is 1.65.